The van der Waals surface area contributed by atoms with E-state index < -0.39 is 15.1 Å². The van der Waals surface area contributed by atoms with Gasteiger partial charge in [-0.25, -0.2) is 18.1 Å². The van der Waals surface area contributed by atoms with E-state index in [0.29, 0.717) is 49.5 Å². The summed E-state index contributed by atoms with van der Waals surface area (Å²) < 4.78 is 36.1. The lowest BCUT2D eigenvalue weighted by atomic mass is 10.1. The Morgan fingerprint density at radius 2 is 1.95 bits per heavy atom. The molecule has 0 atom stereocenters. The van der Waals surface area contributed by atoms with E-state index in [1.165, 1.54) is 16.4 Å². The molecule has 0 aliphatic carbocycles. The minimum atomic E-state index is -3.88. The van der Waals surface area contributed by atoms with Gasteiger partial charge in [0.2, 0.25) is 10.0 Å². The van der Waals surface area contributed by atoms with Crippen molar-refractivity contribution in [2.75, 3.05) is 53.0 Å². The van der Waals surface area contributed by atoms with E-state index in [0.717, 1.165) is 23.2 Å². The first-order chi connectivity index (χ1) is 19.6. The summed E-state index contributed by atoms with van der Waals surface area (Å²) in [6.45, 7) is 7.73. The second-order valence-corrected chi connectivity index (χ2v) is 11.5. The maximum absolute atomic E-state index is 13.6. The second kappa shape index (κ2) is 12.8. The fourth-order valence-electron chi connectivity index (χ4n) is 5.05. The lowest BCUT2D eigenvalue weighted by Crippen LogP contribution is -2.49. The number of aromatic nitrogens is 3. The van der Waals surface area contributed by atoms with Gasteiger partial charge in [-0.2, -0.15) is 9.14 Å². The van der Waals surface area contributed by atoms with Gasteiger partial charge in [0, 0.05) is 51.5 Å². The van der Waals surface area contributed by atoms with Crippen molar-refractivity contribution in [1.29, 1.82) is 0 Å². The molecular formula is C26H36N7O7S+. The average Bonchev–Trinajstić information content (AvgIpc) is 3.20. The number of aryl methyl sites for hydroxylation is 2. The van der Waals surface area contributed by atoms with Gasteiger partial charge in [-0.05, 0) is 44.0 Å². The van der Waals surface area contributed by atoms with Gasteiger partial charge in [-0.15, -0.1) is 5.10 Å². The third-order valence-electron chi connectivity index (χ3n) is 7.01. The Labute approximate surface area is 237 Å². The molecule has 1 fully saturated rings. The summed E-state index contributed by atoms with van der Waals surface area (Å²) >= 11 is 0. The van der Waals surface area contributed by atoms with Crippen LogP contribution in [0.2, 0.25) is 0 Å². The van der Waals surface area contributed by atoms with Gasteiger partial charge in [0.05, 0.1) is 22.8 Å². The van der Waals surface area contributed by atoms with Crippen LogP contribution in [0.3, 0.4) is 0 Å². The highest BCUT2D eigenvalue weighted by Crippen LogP contribution is 2.32. The molecule has 0 unspecified atom stereocenters. The predicted octanol–water partition coefficient (Wildman–Crippen LogP) is 1.80. The van der Waals surface area contributed by atoms with Crippen molar-refractivity contribution >= 4 is 21.8 Å². The van der Waals surface area contributed by atoms with Gasteiger partial charge < -0.3 is 9.72 Å². The monoisotopic (exact) mass is 590 g/mol. The summed E-state index contributed by atoms with van der Waals surface area (Å²) in [5.74, 6) is 0.586. The van der Waals surface area contributed by atoms with Crippen LogP contribution >= 0.6 is 0 Å². The maximum atomic E-state index is 13.6. The molecule has 1 aromatic carbocycles. The van der Waals surface area contributed by atoms with Crippen molar-refractivity contribution in [2.45, 2.75) is 38.5 Å². The smallest absolute Gasteiger partial charge is 0.475 e. The number of nitrogens with one attached hydrogen (secondary N) is 1. The quantitative estimate of drug-likeness (QED) is 0.237. The van der Waals surface area contributed by atoms with Crippen molar-refractivity contribution in [3.63, 3.8) is 0 Å². The van der Waals surface area contributed by atoms with Crippen LogP contribution in [0.1, 0.15) is 37.1 Å². The Hall–Kier alpha value is -3.82. The van der Waals surface area contributed by atoms with Crippen molar-refractivity contribution in [3.05, 3.63) is 50.3 Å². The first-order valence-electron chi connectivity index (χ1n) is 13.5. The molecule has 2 N–H and O–H groups in total. The number of aromatic amines is 1. The minimum Gasteiger partial charge on any atom is -0.493 e. The van der Waals surface area contributed by atoms with Gasteiger partial charge in [0.15, 0.2) is 12.4 Å². The van der Waals surface area contributed by atoms with Gasteiger partial charge in [-0.3, -0.25) is 14.7 Å². The highest BCUT2D eigenvalue weighted by molar-refractivity contribution is 7.89. The van der Waals surface area contributed by atoms with E-state index in [-0.39, 0.29) is 36.0 Å². The number of hydrogen-bond acceptors (Lipinski definition) is 9. The lowest BCUT2D eigenvalue weighted by molar-refractivity contribution is -0.975. The van der Waals surface area contributed by atoms with E-state index >= 15 is 0 Å². The molecule has 0 bridgehead atoms. The van der Waals surface area contributed by atoms with Gasteiger partial charge >= 0.3 is 5.09 Å². The summed E-state index contributed by atoms with van der Waals surface area (Å²) in [4.78, 5) is 37.3. The fourth-order valence-corrected chi connectivity index (χ4v) is 6.49. The first kappa shape index (κ1) is 30.1. The Balaban J connectivity index is 1.72. The van der Waals surface area contributed by atoms with Crippen LogP contribution in [-0.2, 0) is 21.3 Å². The summed E-state index contributed by atoms with van der Waals surface area (Å²) in [5.41, 5.74) is 2.89. The normalized spacial score (nSPS) is 15.1. The van der Waals surface area contributed by atoms with E-state index in [1.807, 2.05) is 25.7 Å². The lowest BCUT2D eigenvalue weighted by Gasteiger charge is -2.33. The molecule has 3 aromatic rings. The zero-order valence-electron chi connectivity index (χ0n) is 23.7. The minimum absolute atomic E-state index is 0.0157. The first-order valence-corrected chi connectivity index (χ1v) is 14.9. The zero-order chi connectivity index (χ0) is 29.7. The number of nitrogens with zero attached hydrogens (tertiary/aromatic N) is 6. The Bertz CT molecular complexity index is 1610. The molecule has 3 heterocycles. The average molecular weight is 591 g/mol. The van der Waals surface area contributed by atoms with Gasteiger partial charge in [0.1, 0.15) is 16.2 Å². The molecule has 1 saturated heterocycles. The summed E-state index contributed by atoms with van der Waals surface area (Å²) in [6, 6.07) is 4.55. The van der Waals surface area contributed by atoms with Crippen molar-refractivity contribution in [1.82, 2.24) is 23.8 Å². The molecule has 41 heavy (non-hydrogen) atoms. The van der Waals surface area contributed by atoms with Crippen LogP contribution in [0.25, 0.3) is 16.9 Å². The Morgan fingerprint density at radius 3 is 2.59 bits per heavy atom. The second-order valence-electron chi connectivity index (χ2n) is 9.59. The highest BCUT2D eigenvalue weighted by atomic mass is 32.2. The maximum Gasteiger partial charge on any atom is 0.475 e. The van der Waals surface area contributed by atoms with Crippen LogP contribution in [-0.4, -0.2) is 102 Å². The molecule has 15 heteroatoms. The molecule has 4 rings (SSSR count). The van der Waals surface area contributed by atoms with Crippen molar-refractivity contribution in [3.8, 4) is 17.1 Å². The van der Waals surface area contributed by atoms with Crippen LogP contribution in [0.5, 0.6) is 5.75 Å². The molecule has 2 aromatic heterocycles. The summed E-state index contributed by atoms with van der Waals surface area (Å²) in [5, 5.41) is 12.7. The van der Waals surface area contributed by atoms with E-state index in [4.69, 9.17) is 15.0 Å². The molecular weight excluding hydrogens is 554 g/mol. The molecule has 0 saturated carbocycles. The number of aliphatic imine (C=N–C) groups is 1. The van der Waals surface area contributed by atoms with Crippen molar-refractivity contribution < 1.29 is 28.3 Å². The molecule has 14 nitrogen and oxygen atoms in total. The molecule has 0 amide bonds. The Morgan fingerprint density at radius 1 is 1.22 bits per heavy atom. The third-order valence-corrected chi connectivity index (χ3v) is 8.91. The molecule has 1 aliphatic rings. The number of rotatable bonds is 12. The van der Waals surface area contributed by atoms with E-state index in [1.54, 1.807) is 23.8 Å². The highest BCUT2D eigenvalue weighted by Gasteiger charge is 2.30. The standard InChI is InChI=1S/C26H35N7O7S/c1-5-7-22-21(17-27-4)18(3)24-26(34)28-25(29-32(22)24)20-16-19(8-9-23(20)39-6-2)41(37,38)31-12-10-30(11-13-31)14-15-40-33(35)36/h8-9,16-17H,5-7,10-15H2,1-4H3,(H-,28,29,34,35,36)/p+1. The third kappa shape index (κ3) is 6.26. The van der Waals surface area contributed by atoms with Gasteiger partial charge in [0.25, 0.3) is 5.56 Å². The van der Waals surface area contributed by atoms with E-state index in [9.17, 15) is 18.1 Å². The summed E-state index contributed by atoms with van der Waals surface area (Å²) in [6.07, 6.45) is 3.23. The molecule has 222 valence electrons. The fraction of sp³-hybridized carbons (Fsp3) is 0.500. The number of H-pyrrole nitrogens is 1. The van der Waals surface area contributed by atoms with Crippen LogP contribution in [0.15, 0.2) is 32.9 Å². The zero-order valence-corrected chi connectivity index (χ0v) is 24.5. The molecule has 1 aliphatic heterocycles. The summed E-state index contributed by atoms with van der Waals surface area (Å²) in [7, 11) is -2.21. The van der Waals surface area contributed by atoms with Crippen molar-refractivity contribution in [2.24, 2.45) is 4.99 Å². The largest absolute Gasteiger partial charge is 0.493 e. The topological polar surface area (TPSA) is 162 Å². The number of sulfonamides is 1. The predicted molar refractivity (Wildman–Crippen MR) is 151 cm³/mol. The number of piperazine rings is 1. The SMILES string of the molecule is CCCc1c(C=NC)c(C)c2c(=O)[nH]c(-c3cc(S(=O)(=O)N4CCN(CCO[N+](=O)O)CC4)ccc3OCC)nn12. The van der Waals surface area contributed by atoms with Crippen LogP contribution in [0, 0.1) is 11.8 Å². The Kier molecular flexibility index (Phi) is 9.40. The number of fused-ring (bicyclic) bond motifs is 1. The van der Waals surface area contributed by atoms with Crippen LogP contribution < -0.4 is 10.3 Å². The number of benzene rings is 1. The number of ether oxygens (including phenoxy) is 1. The van der Waals surface area contributed by atoms with E-state index in [2.05, 4.69) is 14.8 Å². The number of hydrogen-bond donors (Lipinski definition) is 2. The molecule has 0 radical (unpaired) electrons. The van der Waals surface area contributed by atoms with Crippen LogP contribution in [0.4, 0.5) is 0 Å². The molecule has 0 spiro atoms. The van der Waals surface area contributed by atoms with Gasteiger partial charge in [-0.1, -0.05) is 13.3 Å².